The van der Waals surface area contributed by atoms with E-state index in [0.29, 0.717) is 12.1 Å². The minimum Gasteiger partial charge on any atom is -0.377 e. The lowest BCUT2D eigenvalue weighted by Gasteiger charge is -2.34. The molecule has 11 heteroatoms. The molecule has 1 saturated heterocycles. The minimum atomic E-state index is -4.93. The summed E-state index contributed by atoms with van der Waals surface area (Å²) in [7, 11) is 0. The summed E-state index contributed by atoms with van der Waals surface area (Å²) in [6.45, 7) is 2.05. The Balaban J connectivity index is 2.72. The largest absolute Gasteiger partial charge is 0.416 e. The zero-order valence-electron chi connectivity index (χ0n) is 11.9. The third kappa shape index (κ3) is 3.33. The highest BCUT2D eigenvalue weighted by molar-refractivity contribution is 5.77. The molecule has 0 amide bonds. The molecule has 0 aromatic heterocycles. The lowest BCUT2D eigenvalue weighted by Crippen LogP contribution is -2.44. The van der Waals surface area contributed by atoms with Crippen LogP contribution in [-0.4, -0.2) is 35.6 Å². The number of benzene rings is 1. The van der Waals surface area contributed by atoms with E-state index in [0.717, 1.165) is 0 Å². The molecule has 1 aliphatic rings. The lowest BCUT2D eigenvalue weighted by molar-refractivity contribution is -0.393. The first-order chi connectivity index (χ1) is 10.6. The van der Waals surface area contributed by atoms with Crippen molar-refractivity contribution in [2.24, 2.45) is 0 Å². The highest BCUT2D eigenvalue weighted by Gasteiger charge is 2.40. The molecule has 1 fully saturated rings. The van der Waals surface area contributed by atoms with Gasteiger partial charge in [-0.2, -0.15) is 13.2 Å². The molecule has 0 radical (unpaired) electrons. The van der Waals surface area contributed by atoms with Crippen molar-refractivity contribution in [3.8, 4) is 0 Å². The van der Waals surface area contributed by atoms with Gasteiger partial charge in [-0.15, -0.1) is 0 Å². The summed E-state index contributed by atoms with van der Waals surface area (Å²) >= 11 is 0. The van der Waals surface area contributed by atoms with E-state index in [1.165, 1.54) is 4.90 Å². The Bertz CT molecular complexity index is 614. The number of alkyl halides is 3. The molecule has 1 atom stereocenters. The quantitative estimate of drug-likeness (QED) is 0.622. The topological polar surface area (TPSA) is 98.8 Å². The summed E-state index contributed by atoms with van der Waals surface area (Å²) < 4.78 is 43.7. The van der Waals surface area contributed by atoms with Gasteiger partial charge in [0.1, 0.15) is 0 Å². The van der Waals surface area contributed by atoms with E-state index in [9.17, 15) is 33.4 Å². The highest BCUT2D eigenvalue weighted by Crippen LogP contribution is 2.43. The molecule has 0 N–H and O–H groups in total. The van der Waals surface area contributed by atoms with Gasteiger partial charge in [-0.25, -0.2) is 0 Å². The summed E-state index contributed by atoms with van der Waals surface area (Å²) in [5.41, 5.74) is -3.75. The maximum atomic E-state index is 12.8. The summed E-state index contributed by atoms with van der Waals surface area (Å²) in [6.07, 6.45) is -4.93. The fourth-order valence-corrected chi connectivity index (χ4v) is 2.40. The first-order valence-corrected chi connectivity index (χ1v) is 6.51. The molecule has 1 aliphatic heterocycles. The summed E-state index contributed by atoms with van der Waals surface area (Å²) in [5.74, 6) is 0. The predicted octanol–water partition coefficient (Wildman–Crippen LogP) is 2.75. The molecule has 0 bridgehead atoms. The van der Waals surface area contributed by atoms with E-state index in [-0.39, 0.29) is 19.8 Å². The maximum absolute atomic E-state index is 12.8. The van der Waals surface area contributed by atoms with Gasteiger partial charge in [0.15, 0.2) is 5.69 Å². The predicted molar refractivity (Wildman–Crippen MR) is 72.4 cm³/mol. The number of hydrogen-bond acceptors (Lipinski definition) is 6. The van der Waals surface area contributed by atoms with Crippen LogP contribution in [-0.2, 0) is 10.9 Å². The second-order valence-corrected chi connectivity index (χ2v) is 4.99. The second kappa shape index (κ2) is 5.99. The smallest absolute Gasteiger partial charge is 0.377 e. The van der Waals surface area contributed by atoms with Crippen LogP contribution in [0.5, 0.6) is 0 Å². The van der Waals surface area contributed by atoms with Gasteiger partial charge >= 0.3 is 6.18 Å². The first-order valence-electron chi connectivity index (χ1n) is 6.51. The Hall–Kier alpha value is -2.43. The van der Waals surface area contributed by atoms with Gasteiger partial charge in [0.25, 0.3) is 11.4 Å². The van der Waals surface area contributed by atoms with Gasteiger partial charge in [0.2, 0.25) is 0 Å². The van der Waals surface area contributed by atoms with Crippen LogP contribution >= 0.6 is 0 Å². The van der Waals surface area contributed by atoms with Crippen molar-refractivity contribution < 1.29 is 27.8 Å². The third-order valence-corrected chi connectivity index (χ3v) is 3.45. The number of ether oxygens (including phenoxy) is 1. The minimum absolute atomic E-state index is 0.105. The Morgan fingerprint density at radius 2 is 1.74 bits per heavy atom. The summed E-state index contributed by atoms with van der Waals surface area (Å²) in [4.78, 5) is 21.6. The molecule has 1 aromatic rings. The summed E-state index contributed by atoms with van der Waals surface area (Å²) in [6, 6.07) is 0.201. The number of hydrogen-bond donors (Lipinski definition) is 0. The molecule has 8 nitrogen and oxygen atoms in total. The lowest BCUT2D eigenvalue weighted by atomic mass is 10.1. The van der Waals surface area contributed by atoms with Crippen LogP contribution in [0.1, 0.15) is 12.5 Å². The standard InChI is InChI=1S/C12H12F3N3O5/c1-7-6-23-3-2-16(7)11-9(17(19)20)4-8(12(13,14)15)5-10(11)18(21)22/h4-5,7H,2-3,6H2,1H3. The maximum Gasteiger partial charge on any atom is 0.416 e. The van der Waals surface area contributed by atoms with Crippen LogP contribution in [0.25, 0.3) is 0 Å². The van der Waals surface area contributed by atoms with E-state index in [2.05, 4.69) is 0 Å². The molecule has 2 rings (SSSR count). The molecule has 126 valence electrons. The van der Waals surface area contributed by atoms with Crippen LogP contribution < -0.4 is 4.90 Å². The number of nitro benzene ring substituents is 2. The normalized spacial score (nSPS) is 18.8. The number of halogens is 3. The van der Waals surface area contributed by atoms with Crippen LogP contribution in [0, 0.1) is 20.2 Å². The Labute approximate surface area is 127 Å². The Morgan fingerprint density at radius 3 is 2.13 bits per heavy atom. The van der Waals surface area contributed by atoms with Crippen molar-refractivity contribution in [2.45, 2.75) is 19.1 Å². The second-order valence-electron chi connectivity index (χ2n) is 4.99. The van der Waals surface area contributed by atoms with Crippen molar-refractivity contribution in [3.05, 3.63) is 37.9 Å². The van der Waals surface area contributed by atoms with E-state index in [1.807, 2.05) is 0 Å². The fraction of sp³-hybridized carbons (Fsp3) is 0.500. The van der Waals surface area contributed by atoms with Gasteiger partial charge in [-0.05, 0) is 6.92 Å². The molecule has 1 unspecified atom stereocenters. The van der Waals surface area contributed by atoms with E-state index in [4.69, 9.17) is 4.74 Å². The van der Waals surface area contributed by atoms with Gasteiger partial charge < -0.3 is 9.64 Å². The van der Waals surface area contributed by atoms with Gasteiger partial charge in [-0.1, -0.05) is 0 Å². The van der Waals surface area contributed by atoms with Crippen molar-refractivity contribution >= 4 is 17.1 Å². The summed E-state index contributed by atoms with van der Waals surface area (Å²) in [5, 5.41) is 22.4. The zero-order valence-corrected chi connectivity index (χ0v) is 11.9. The number of rotatable bonds is 3. The first kappa shape index (κ1) is 16.9. The SMILES string of the molecule is CC1COCCN1c1c([N+](=O)[O-])cc(C(F)(F)F)cc1[N+](=O)[O-]. The number of morpholine rings is 1. The highest BCUT2D eigenvalue weighted by atomic mass is 19.4. The number of nitrogens with zero attached hydrogens (tertiary/aromatic N) is 3. The molecule has 0 aliphatic carbocycles. The molecular formula is C12H12F3N3O5. The van der Waals surface area contributed by atoms with E-state index < -0.39 is 44.7 Å². The van der Waals surface area contributed by atoms with E-state index in [1.54, 1.807) is 6.92 Å². The van der Waals surface area contributed by atoms with Crippen LogP contribution in [0.15, 0.2) is 12.1 Å². The third-order valence-electron chi connectivity index (χ3n) is 3.45. The zero-order chi connectivity index (χ0) is 17.4. The van der Waals surface area contributed by atoms with Gasteiger partial charge in [0, 0.05) is 18.7 Å². The average molecular weight is 335 g/mol. The molecule has 0 spiro atoms. The van der Waals surface area contributed by atoms with Crippen LogP contribution in [0.2, 0.25) is 0 Å². The van der Waals surface area contributed by atoms with Gasteiger partial charge in [0.05, 0.1) is 34.7 Å². The monoisotopic (exact) mass is 335 g/mol. The number of anilines is 1. The Kier molecular flexibility index (Phi) is 4.41. The molecule has 1 heterocycles. The Morgan fingerprint density at radius 1 is 1.22 bits per heavy atom. The molecule has 0 saturated carbocycles. The fourth-order valence-electron chi connectivity index (χ4n) is 2.40. The van der Waals surface area contributed by atoms with Crippen LogP contribution in [0.4, 0.5) is 30.2 Å². The van der Waals surface area contributed by atoms with Crippen molar-refractivity contribution in [1.29, 1.82) is 0 Å². The van der Waals surface area contributed by atoms with Crippen LogP contribution in [0.3, 0.4) is 0 Å². The molecule has 23 heavy (non-hydrogen) atoms. The molecule has 1 aromatic carbocycles. The number of nitro groups is 2. The van der Waals surface area contributed by atoms with Crippen molar-refractivity contribution in [3.63, 3.8) is 0 Å². The van der Waals surface area contributed by atoms with Crippen molar-refractivity contribution in [2.75, 3.05) is 24.7 Å². The van der Waals surface area contributed by atoms with Gasteiger partial charge in [-0.3, -0.25) is 20.2 Å². The van der Waals surface area contributed by atoms with E-state index >= 15 is 0 Å². The molecular weight excluding hydrogens is 323 g/mol. The average Bonchev–Trinajstić information content (AvgIpc) is 2.45. The van der Waals surface area contributed by atoms with Crippen molar-refractivity contribution in [1.82, 2.24) is 0 Å².